The van der Waals surface area contributed by atoms with E-state index in [4.69, 9.17) is 4.74 Å². The van der Waals surface area contributed by atoms with Crippen LogP contribution in [-0.2, 0) is 6.42 Å². The van der Waals surface area contributed by atoms with Crippen molar-refractivity contribution in [2.45, 2.75) is 6.42 Å². The molecule has 3 nitrogen and oxygen atoms in total. The van der Waals surface area contributed by atoms with E-state index in [0.717, 1.165) is 6.42 Å². The van der Waals surface area contributed by atoms with Gasteiger partial charge in [0.2, 0.25) is 0 Å². The quantitative estimate of drug-likeness (QED) is 0.834. The molecular formula is C16H17NO2. The molecule has 2 aromatic rings. The highest BCUT2D eigenvalue weighted by Gasteiger charge is 2.04. The van der Waals surface area contributed by atoms with E-state index in [1.54, 1.807) is 12.3 Å². The van der Waals surface area contributed by atoms with Crippen LogP contribution in [0.2, 0.25) is 0 Å². The molecule has 0 aromatic heterocycles. The van der Waals surface area contributed by atoms with Crippen molar-refractivity contribution in [2.75, 3.05) is 13.7 Å². The predicted molar refractivity (Wildman–Crippen MR) is 77.3 cm³/mol. The van der Waals surface area contributed by atoms with Crippen LogP contribution in [0.4, 0.5) is 0 Å². The number of hydrogen-bond donors (Lipinski definition) is 1. The molecule has 0 aliphatic carbocycles. The first-order valence-corrected chi connectivity index (χ1v) is 6.21. The Kier molecular flexibility index (Phi) is 4.56. The Hall–Kier alpha value is -2.29. The first kappa shape index (κ1) is 13.1. The second-order valence-corrected chi connectivity index (χ2v) is 4.17. The van der Waals surface area contributed by atoms with E-state index in [9.17, 15) is 5.11 Å². The summed E-state index contributed by atoms with van der Waals surface area (Å²) in [5.41, 5.74) is 1.93. The molecule has 0 aliphatic heterocycles. The predicted octanol–water partition coefficient (Wildman–Crippen LogP) is 3.06. The molecule has 1 N–H and O–H groups in total. The van der Waals surface area contributed by atoms with Crippen molar-refractivity contribution in [3.05, 3.63) is 59.7 Å². The summed E-state index contributed by atoms with van der Waals surface area (Å²) in [6.07, 6.45) is 2.57. The molecule has 0 bridgehead atoms. The molecule has 0 aliphatic rings. The number of phenols is 1. The second-order valence-electron chi connectivity index (χ2n) is 4.17. The van der Waals surface area contributed by atoms with Gasteiger partial charge >= 0.3 is 0 Å². The Labute approximate surface area is 113 Å². The highest BCUT2D eigenvalue weighted by Crippen LogP contribution is 2.27. The van der Waals surface area contributed by atoms with Crippen molar-refractivity contribution in [3.8, 4) is 11.5 Å². The first-order chi connectivity index (χ1) is 9.31. The van der Waals surface area contributed by atoms with Gasteiger partial charge in [-0.1, -0.05) is 36.4 Å². The molecule has 0 saturated carbocycles. The normalized spacial score (nSPS) is 10.8. The second kappa shape index (κ2) is 6.59. The molecule has 2 rings (SSSR count). The third-order valence-electron chi connectivity index (χ3n) is 2.85. The molecule has 0 amide bonds. The van der Waals surface area contributed by atoms with Gasteiger partial charge in [0.25, 0.3) is 0 Å². The third kappa shape index (κ3) is 3.58. The van der Waals surface area contributed by atoms with E-state index < -0.39 is 0 Å². The van der Waals surface area contributed by atoms with E-state index in [1.165, 1.54) is 12.7 Å². The number of ether oxygens (including phenoxy) is 1. The van der Waals surface area contributed by atoms with Gasteiger partial charge < -0.3 is 9.84 Å². The minimum atomic E-state index is 0.133. The molecule has 0 atom stereocenters. The van der Waals surface area contributed by atoms with E-state index in [1.807, 2.05) is 30.3 Å². The summed E-state index contributed by atoms with van der Waals surface area (Å²) in [6.45, 7) is 0.695. The van der Waals surface area contributed by atoms with E-state index in [2.05, 4.69) is 17.1 Å². The minimum absolute atomic E-state index is 0.133. The summed E-state index contributed by atoms with van der Waals surface area (Å²) in [5, 5.41) is 9.89. The zero-order valence-electron chi connectivity index (χ0n) is 10.9. The molecular weight excluding hydrogens is 238 g/mol. The Morgan fingerprint density at radius 2 is 1.89 bits per heavy atom. The maximum Gasteiger partial charge on any atom is 0.166 e. The summed E-state index contributed by atoms with van der Waals surface area (Å²) >= 11 is 0. The maximum absolute atomic E-state index is 9.89. The molecule has 0 unspecified atom stereocenters. The summed E-state index contributed by atoms with van der Waals surface area (Å²) in [5.74, 6) is 0.598. The number of benzene rings is 2. The van der Waals surface area contributed by atoms with Crippen LogP contribution in [0.5, 0.6) is 11.5 Å². The highest BCUT2D eigenvalue weighted by atomic mass is 16.5. The van der Waals surface area contributed by atoms with Crippen LogP contribution in [0.1, 0.15) is 11.1 Å². The minimum Gasteiger partial charge on any atom is -0.504 e. The number of rotatable bonds is 5. The van der Waals surface area contributed by atoms with Gasteiger partial charge in [-0.15, -0.1) is 0 Å². The number of aromatic hydroxyl groups is 1. The van der Waals surface area contributed by atoms with Crippen LogP contribution in [0.25, 0.3) is 0 Å². The highest BCUT2D eigenvalue weighted by molar-refractivity contribution is 5.84. The zero-order chi connectivity index (χ0) is 13.5. The fraction of sp³-hybridized carbons (Fsp3) is 0.188. The van der Waals surface area contributed by atoms with E-state index in [0.29, 0.717) is 17.9 Å². The van der Waals surface area contributed by atoms with Crippen LogP contribution in [0, 0.1) is 0 Å². The lowest BCUT2D eigenvalue weighted by atomic mass is 10.1. The Morgan fingerprint density at radius 1 is 1.11 bits per heavy atom. The monoisotopic (exact) mass is 255 g/mol. The Morgan fingerprint density at radius 3 is 2.63 bits per heavy atom. The van der Waals surface area contributed by atoms with Crippen molar-refractivity contribution in [2.24, 2.45) is 4.99 Å². The Bertz CT molecular complexity index is 550. The number of phenolic OH excluding ortho intramolecular Hbond substituents is 1. The standard InChI is InChI=1S/C16H17NO2/c1-19-15-9-5-8-14(16(15)18)12-17-11-10-13-6-3-2-4-7-13/h2-9,12,18H,10-11H2,1H3. The summed E-state index contributed by atoms with van der Waals surface area (Å²) in [4.78, 5) is 4.33. The number of hydrogen-bond acceptors (Lipinski definition) is 3. The number of para-hydroxylation sites is 1. The van der Waals surface area contributed by atoms with Gasteiger partial charge in [-0.25, -0.2) is 0 Å². The van der Waals surface area contributed by atoms with Crippen LogP contribution < -0.4 is 4.74 Å². The lowest BCUT2D eigenvalue weighted by Gasteiger charge is -2.04. The van der Waals surface area contributed by atoms with Crippen molar-refractivity contribution in [3.63, 3.8) is 0 Å². The average molecular weight is 255 g/mol. The first-order valence-electron chi connectivity index (χ1n) is 6.21. The number of methoxy groups -OCH3 is 1. The molecule has 0 saturated heterocycles. The Balaban J connectivity index is 1.96. The molecule has 98 valence electrons. The van der Waals surface area contributed by atoms with Gasteiger partial charge in [0.05, 0.1) is 7.11 Å². The van der Waals surface area contributed by atoms with Gasteiger partial charge in [-0.2, -0.15) is 0 Å². The SMILES string of the molecule is COc1cccc(C=NCCc2ccccc2)c1O. The fourth-order valence-corrected chi connectivity index (χ4v) is 1.81. The van der Waals surface area contributed by atoms with Crippen molar-refractivity contribution in [1.82, 2.24) is 0 Å². The van der Waals surface area contributed by atoms with E-state index >= 15 is 0 Å². The van der Waals surface area contributed by atoms with Gasteiger partial charge in [-0.05, 0) is 24.1 Å². The van der Waals surface area contributed by atoms with Crippen molar-refractivity contribution < 1.29 is 9.84 Å². The molecule has 0 spiro atoms. The average Bonchev–Trinajstić information content (AvgIpc) is 2.46. The van der Waals surface area contributed by atoms with Crippen LogP contribution in [0.15, 0.2) is 53.5 Å². The number of aliphatic imine (C=N–C) groups is 1. The van der Waals surface area contributed by atoms with Crippen LogP contribution in [0.3, 0.4) is 0 Å². The van der Waals surface area contributed by atoms with Gasteiger partial charge in [0, 0.05) is 18.3 Å². The largest absolute Gasteiger partial charge is 0.504 e. The lowest BCUT2D eigenvalue weighted by molar-refractivity contribution is 0.373. The molecule has 0 radical (unpaired) electrons. The molecule has 0 fully saturated rings. The summed E-state index contributed by atoms with van der Waals surface area (Å²) in [6, 6.07) is 15.6. The smallest absolute Gasteiger partial charge is 0.166 e. The topological polar surface area (TPSA) is 41.8 Å². The van der Waals surface area contributed by atoms with Gasteiger partial charge in [0.1, 0.15) is 0 Å². The van der Waals surface area contributed by atoms with Crippen LogP contribution in [-0.4, -0.2) is 25.0 Å². The summed E-state index contributed by atoms with van der Waals surface area (Å²) in [7, 11) is 1.53. The van der Waals surface area contributed by atoms with Gasteiger partial charge in [-0.3, -0.25) is 4.99 Å². The summed E-state index contributed by atoms with van der Waals surface area (Å²) < 4.78 is 5.05. The van der Waals surface area contributed by atoms with Crippen molar-refractivity contribution >= 4 is 6.21 Å². The maximum atomic E-state index is 9.89. The fourth-order valence-electron chi connectivity index (χ4n) is 1.81. The molecule has 3 heteroatoms. The third-order valence-corrected chi connectivity index (χ3v) is 2.85. The van der Waals surface area contributed by atoms with Crippen molar-refractivity contribution in [1.29, 1.82) is 0 Å². The lowest BCUT2D eigenvalue weighted by Crippen LogP contribution is -1.92. The number of nitrogens with zero attached hydrogens (tertiary/aromatic N) is 1. The molecule has 2 aromatic carbocycles. The molecule has 19 heavy (non-hydrogen) atoms. The van der Waals surface area contributed by atoms with Gasteiger partial charge in [0.15, 0.2) is 11.5 Å². The van der Waals surface area contributed by atoms with E-state index in [-0.39, 0.29) is 5.75 Å². The zero-order valence-corrected chi connectivity index (χ0v) is 10.9. The molecule has 0 heterocycles. The van der Waals surface area contributed by atoms with Crippen LogP contribution >= 0.6 is 0 Å².